The zero-order valence-corrected chi connectivity index (χ0v) is 15.1. The van der Waals surface area contributed by atoms with Crippen LogP contribution in [-0.2, 0) is 9.84 Å². The van der Waals surface area contributed by atoms with Gasteiger partial charge >= 0.3 is 0 Å². The fourth-order valence-electron chi connectivity index (χ4n) is 2.83. The molecule has 0 bridgehead atoms. The van der Waals surface area contributed by atoms with Crippen molar-refractivity contribution >= 4 is 27.2 Å². The molecule has 0 saturated carbocycles. The highest BCUT2D eigenvalue weighted by Gasteiger charge is 2.33. The van der Waals surface area contributed by atoms with Crippen molar-refractivity contribution in [2.24, 2.45) is 0 Å². The molecule has 1 fully saturated rings. The van der Waals surface area contributed by atoms with E-state index in [1.54, 1.807) is 19.2 Å². The summed E-state index contributed by atoms with van der Waals surface area (Å²) >= 11 is 0. The molecule has 1 aromatic carbocycles. The first-order chi connectivity index (χ1) is 11.8. The van der Waals surface area contributed by atoms with Crippen LogP contribution in [0.15, 0.2) is 42.6 Å². The van der Waals surface area contributed by atoms with Gasteiger partial charge in [0.2, 0.25) is 0 Å². The zero-order chi connectivity index (χ0) is 18.0. The van der Waals surface area contributed by atoms with Gasteiger partial charge in [-0.05, 0) is 37.6 Å². The monoisotopic (exact) mass is 359 g/mol. The lowest BCUT2D eigenvalue weighted by atomic mass is 10.2. The zero-order valence-electron chi connectivity index (χ0n) is 14.3. The average molecular weight is 359 g/mol. The minimum absolute atomic E-state index is 0.0374. The summed E-state index contributed by atoms with van der Waals surface area (Å²) in [6, 6.07) is 11.1. The molecule has 1 aliphatic heterocycles. The van der Waals surface area contributed by atoms with Crippen LogP contribution in [0.4, 0.5) is 11.5 Å². The van der Waals surface area contributed by atoms with Crippen molar-refractivity contribution in [3.05, 3.63) is 53.7 Å². The van der Waals surface area contributed by atoms with Crippen LogP contribution < -0.4 is 5.32 Å². The number of carbonyl (C=O) groups is 1. The first kappa shape index (κ1) is 17.4. The van der Waals surface area contributed by atoms with Crippen LogP contribution in [0.1, 0.15) is 22.3 Å². The Morgan fingerprint density at radius 3 is 2.48 bits per heavy atom. The van der Waals surface area contributed by atoms with E-state index < -0.39 is 9.84 Å². The highest BCUT2D eigenvalue weighted by molar-refractivity contribution is 7.91. The van der Waals surface area contributed by atoms with Gasteiger partial charge in [0.15, 0.2) is 9.84 Å². The Labute approximate surface area is 147 Å². The molecule has 25 heavy (non-hydrogen) atoms. The van der Waals surface area contributed by atoms with Gasteiger partial charge < -0.3 is 10.2 Å². The smallest absolute Gasteiger partial charge is 0.255 e. The molecule has 2 heterocycles. The number of nitrogens with zero attached hydrogens (tertiary/aromatic N) is 2. The minimum Gasteiger partial charge on any atom is -0.340 e. The Kier molecular flexibility index (Phi) is 4.76. The summed E-state index contributed by atoms with van der Waals surface area (Å²) in [5, 5.41) is 3.18. The highest BCUT2D eigenvalue weighted by atomic mass is 32.2. The molecule has 1 unspecified atom stereocenters. The largest absolute Gasteiger partial charge is 0.340 e. The predicted molar refractivity (Wildman–Crippen MR) is 97.9 cm³/mol. The SMILES string of the molecule is Cc1ccc(Nc2ccc(C(=O)N(C)C3CCS(=O)(=O)C3)cn2)cc1. The Hall–Kier alpha value is -2.41. The highest BCUT2D eigenvalue weighted by Crippen LogP contribution is 2.19. The normalized spacial score (nSPS) is 18.7. The third-order valence-corrected chi connectivity index (χ3v) is 6.16. The number of pyridine rings is 1. The molecule has 7 heteroatoms. The molecule has 132 valence electrons. The van der Waals surface area contributed by atoms with E-state index in [4.69, 9.17) is 0 Å². The lowest BCUT2D eigenvalue weighted by molar-refractivity contribution is 0.0747. The van der Waals surface area contributed by atoms with Crippen LogP contribution in [0.5, 0.6) is 0 Å². The number of aryl methyl sites for hydroxylation is 1. The molecule has 1 aromatic heterocycles. The summed E-state index contributed by atoms with van der Waals surface area (Å²) in [4.78, 5) is 18.3. The van der Waals surface area contributed by atoms with Gasteiger partial charge in [0.05, 0.1) is 17.1 Å². The fraction of sp³-hybridized carbons (Fsp3) is 0.333. The molecule has 0 aliphatic carbocycles. The van der Waals surface area contributed by atoms with Crippen LogP contribution in [0.25, 0.3) is 0 Å². The van der Waals surface area contributed by atoms with Crippen molar-refractivity contribution in [3.63, 3.8) is 0 Å². The molecule has 3 rings (SSSR count). The van der Waals surface area contributed by atoms with Crippen LogP contribution in [-0.4, -0.2) is 48.8 Å². The number of rotatable bonds is 4. The standard InChI is InChI=1S/C18H21N3O3S/c1-13-3-6-15(7-4-13)20-17-8-5-14(11-19-17)18(22)21(2)16-9-10-25(23,24)12-16/h3-8,11,16H,9-10,12H2,1-2H3,(H,19,20). The molecule has 2 aromatic rings. The lowest BCUT2D eigenvalue weighted by Crippen LogP contribution is -2.37. The second-order valence-corrected chi connectivity index (χ2v) is 8.62. The number of carbonyl (C=O) groups excluding carboxylic acids is 1. The molecule has 1 aliphatic rings. The van der Waals surface area contributed by atoms with Crippen molar-refractivity contribution in [3.8, 4) is 0 Å². The van der Waals surface area contributed by atoms with Gasteiger partial charge in [-0.2, -0.15) is 0 Å². The third-order valence-electron chi connectivity index (χ3n) is 4.41. The van der Waals surface area contributed by atoms with Gasteiger partial charge in [0.1, 0.15) is 5.82 Å². The number of hydrogen-bond acceptors (Lipinski definition) is 5. The first-order valence-corrected chi connectivity index (χ1v) is 9.93. The van der Waals surface area contributed by atoms with E-state index in [9.17, 15) is 13.2 Å². The van der Waals surface area contributed by atoms with Crippen LogP contribution in [0.3, 0.4) is 0 Å². The maximum absolute atomic E-state index is 12.5. The number of benzene rings is 1. The Morgan fingerprint density at radius 2 is 1.92 bits per heavy atom. The third kappa shape index (κ3) is 4.17. The van der Waals surface area contributed by atoms with Gasteiger partial charge in [-0.15, -0.1) is 0 Å². The summed E-state index contributed by atoms with van der Waals surface area (Å²) in [7, 11) is -1.37. The average Bonchev–Trinajstić information content (AvgIpc) is 2.96. The Morgan fingerprint density at radius 1 is 1.20 bits per heavy atom. The second-order valence-electron chi connectivity index (χ2n) is 6.40. The van der Waals surface area contributed by atoms with E-state index >= 15 is 0 Å². The second kappa shape index (κ2) is 6.84. The van der Waals surface area contributed by atoms with E-state index in [0.29, 0.717) is 17.8 Å². The van der Waals surface area contributed by atoms with Crippen molar-refractivity contribution in [1.82, 2.24) is 9.88 Å². The summed E-state index contributed by atoms with van der Waals surface area (Å²) in [6.07, 6.45) is 2.00. The molecular weight excluding hydrogens is 338 g/mol. The molecule has 0 spiro atoms. The van der Waals surface area contributed by atoms with E-state index in [1.165, 1.54) is 16.7 Å². The summed E-state index contributed by atoms with van der Waals surface area (Å²) in [5.41, 5.74) is 2.54. The van der Waals surface area contributed by atoms with Crippen molar-refractivity contribution in [2.45, 2.75) is 19.4 Å². The van der Waals surface area contributed by atoms with Crippen molar-refractivity contribution in [2.75, 3.05) is 23.9 Å². The minimum atomic E-state index is -3.02. The van der Waals surface area contributed by atoms with Gasteiger partial charge in [-0.3, -0.25) is 4.79 Å². The van der Waals surface area contributed by atoms with E-state index in [0.717, 1.165) is 5.69 Å². The molecule has 1 atom stereocenters. The van der Waals surface area contributed by atoms with E-state index in [-0.39, 0.29) is 23.5 Å². The van der Waals surface area contributed by atoms with E-state index in [2.05, 4.69) is 10.3 Å². The van der Waals surface area contributed by atoms with Crippen LogP contribution >= 0.6 is 0 Å². The van der Waals surface area contributed by atoms with E-state index in [1.807, 2.05) is 31.2 Å². The van der Waals surface area contributed by atoms with Gasteiger partial charge in [-0.1, -0.05) is 17.7 Å². The summed E-state index contributed by atoms with van der Waals surface area (Å²) < 4.78 is 23.2. The summed E-state index contributed by atoms with van der Waals surface area (Å²) in [5.74, 6) is 0.617. The maximum Gasteiger partial charge on any atom is 0.255 e. The lowest BCUT2D eigenvalue weighted by Gasteiger charge is -2.23. The van der Waals surface area contributed by atoms with Gasteiger partial charge in [0.25, 0.3) is 5.91 Å². The van der Waals surface area contributed by atoms with Gasteiger partial charge in [-0.25, -0.2) is 13.4 Å². The van der Waals surface area contributed by atoms with Crippen molar-refractivity contribution in [1.29, 1.82) is 0 Å². The molecule has 1 amide bonds. The van der Waals surface area contributed by atoms with Crippen LogP contribution in [0.2, 0.25) is 0 Å². The maximum atomic E-state index is 12.5. The molecule has 1 N–H and O–H groups in total. The number of amides is 1. The first-order valence-electron chi connectivity index (χ1n) is 8.11. The number of hydrogen-bond donors (Lipinski definition) is 1. The quantitative estimate of drug-likeness (QED) is 0.907. The number of anilines is 2. The van der Waals surface area contributed by atoms with Crippen LogP contribution in [0, 0.1) is 6.92 Å². The Balaban J connectivity index is 1.67. The number of aromatic nitrogens is 1. The molecule has 6 nitrogen and oxygen atoms in total. The topological polar surface area (TPSA) is 79.4 Å². The fourth-order valence-corrected chi connectivity index (χ4v) is 4.60. The number of nitrogens with one attached hydrogen (secondary N) is 1. The summed E-state index contributed by atoms with van der Waals surface area (Å²) in [6.45, 7) is 2.02. The molecule has 1 saturated heterocycles. The molecular formula is C18H21N3O3S. The van der Waals surface area contributed by atoms with Gasteiger partial charge in [0, 0.05) is 25.0 Å². The van der Waals surface area contributed by atoms with Crippen molar-refractivity contribution < 1.29 is 13.2 Å². The Bertz CT molecular complexity index is 861. The predicted octanol–water partition coefficient (Wildman–Crippen LogP) is 2.39. The molecule has 0 radical (unpaired) electrons. The number of sulfone groups is 1.